The van der Waals surface area contributed by atoms with Crippen molar-refractivity contribution in [1.82, 2.24) is 9.97 Å². The van der Waals surface area contributed by atoms with E-state index in [1.54, 1.807) is 0 Å². The Morgan fingerprint density at radius 3 is 2.45 bits per heavy atom. The second-order valence-corrected chi connectivity index (χ2v) is 4.69. The highest BCUT2D eigenvalue weighted by Gasteiger charge is 2.25. The lowest BCUT2D eigenvalue weighted by molar-refractivity contribution is 0.0449. The third kappa shape index (κ3) is 3.59. The van der Waals surface area contributed by atoms with Crippen LogP contribution in [0.25, 0.3) is 0 Å². The monoisotopic (exact) mass is 320 g/mol. The molecule has 114 valence electrons. The number of carbonyl (C=O) groups excluding carboxylic acids is 2. The van der Waals surface area contributed by atoms with Crippen LogP contribution in [0.2, 0.25) is 5.28 Å². The topological polar surface area (TPSA) is 78.4 Å². The van der Waals surface area contributed by atoms with E-state index < -0.39 is 11.9 Å². The molecule has 0 bridgehead atoms. The summed E-state index contributed by atoms with van der Waals surface area (Å²) in [5.74, 6) is -1.49. The van der Waals surface area contributed by atoms with Crippen molar-refractivity contribution >= 4 is 23.5 Å². The smallest absolute Gasteiger partial charge is 0.358 e. The number of benzene rings is 1. The van der Waals surface area contributed by atoms with Gasteiger partial charge in [-0.15, -0.1) is 0 Å². The lowest BCUT2D eigenvalue weighted by Crippen LogP contribution is -2.18. The van der Waals surface area contributed by atoms with Crippen LogP contribution in [-0.4, -0.2) is 29.0 Å². The summed E-state index contributed by atoms with van der Waals surface area (Å²) >= 11 is 5.75. The third-order valence-corrected chi connectivity index (χ3v) is 3.03. The van der Waals surface area contributed by atoms with E-state index in [9.17, 15) is 9.59 Å². The van der Waals surface area contributed by atoms with Gasteiger partial charge in [-0.3, -0.25) is 0 Å². The minimum Gasteiger partial charge on any atom is -0.465 e. The minimum atomic E-state index is -0.767. The standard InChI is InChI=1S/C15H13ClN2O4/c1-9-11(13(19)21-2)12(18-15(16)17-9)14(20)22-8-10-6-4-3-5-7-10/h3-7H,8H2,1-2H3. The van der Waals surface area contributed by atoms with Gasteiger partial charge in [-0.25, -0.2) is 19.6 Å². The number of esters is 2. The first kappa shape index (κ1) is 15.9. The first-order valence-corrected chi connectivity index (χ1v) is 6.74. The van der Waals surface area contributed by atoms with Gasteiger partial charge >= 0.3 is 11.9 Å². The molecular weight excluding hydrogens is 308 g/mol. The Balaban J connectivity index is 2.27. The molecule has 0 saturated carbocycles. The fourth-order valence-corrected chi connectivity index (χ4v) is 2.04. The Hall–Kier alpha value is -2.47. The molecule has 0 fully saturated rings. The Labute approximate surface area is 132 Å². The molecule has 0 spiro atoms. The number of rotatable bonds is 4. The number of carbonyl (C=O) groups is 2. The van der Waals surface area contributed by atoms with Gasteiger partial charge in [0.2, 0.25) is 5.28 Å². The molecule has 7 heteroatoms. The Morgan fingerprint density at radius 2 is 1.82 bits per heavy atom. The fourth-order valence-electron chi connectivity index (χ4n) is 1.82. The molecule has 22 heavy (non-hydrogen) atoms. The Morgan fingerprint density at radius 1 is 1.14 bits per heavy atom. The SMILES string of the molecule is COC(=O)c1c(C)nc(Cl)nc1C(=O)OCc1ccccc1. The van der Waals surface area contributed by atoms with Crippen LogP contribution in [0.5, 0.6) is 0 Å². The quantitative estimate of drug-likeness (QED) is 0.636. The van der Waals surface area contributed by atoms with E-state index >= 15 is 0 Å². The lowest BCUT2D eigenvalue weighted by atomic mass is 10.1. The van der Waals surface area contributed by atoms with E-state index in [0.717, 1.165) is 5.56 Å². The van der Waals surface area contributed by atoms with E-state index in [1.165, 1.54) is 14.0 Å². The van der Waals surface area contributed by atoms with Crippen LogP contribution in [0.3, 0.4) is 0 Å². The van der Waals surface area contributed by atoms with Gasteiger partial charge in [-0.1, -0.05) is 30.3 Å². The van der Waals surface area contributed by atoms with Crippen molar-refractivity contribution in [3.63, 3.8) is 0 Å². The predicted octanol–water partition coefficient (Wildman–Crippen LogP) is 2.58. The van der Waals surface area contributed by atoms with Crippen LogP contribution in [0.15, 0.2) is 30.3 Å². The second kappa shape index (κ2) is 7.00. The molecule has 0 aliphatic rings. The van der Waals surface area contributed by atoms with Crippen LogP contribution >= 0.6 is 11.6 Å². The van der Waals surface area contributed by atoms with Crippen LogP contribution < -0.4 is 0 Å². The van der Waals surface area contributed by atoms with Gasteiger partial charge < -0.3 is 9.47 Å². The highest BCUT2D eigenvalue weighted by atomic mass is 35.5. The van der Waals surface area contributed by atoms with E-state index in [2.05, 4.69) is 14.7 Å². The van der Waals surface area contributed by atoms with Crippen molar-refractivity contribution in [2.24, 2.45) is 0 Å². The zero-order valence-electron chi connectivity index (χ0n) is 12.0. The van der Waals surface area contributed by atoms with Crippen LogP contribution in [0.4, 0.5) is 0 Å². The largest absolute Gasteiger partial charge is 0.465 e. The first-order chi connectivity index (χ1) is 10.5. The highest BCUT2D eigenvalue weighted by molar-refractivity contribution is 6.28. The molecule has 0 saturated heterocycles. The van der Waals surface area contributed by atoms with Gasteiger partial charge in [0.1, 0.15) is 12.2 Å². The second-order valence-electron chi connectivity index (χ2n) is 4.35. The van der Waals surface area contributed by atoms with Gasteiger partial charge in [0.05, 0.1) is 12.8 Å². The van der Waals surface area contributed by atoms with E-state index in [4.69, 9.17) is 16.3 Å². The van der Waals surface area contributed by atoms with E-state index in [-0.39, 0.29) is 28.8 Å². The molecular formula is C15H13ClN2O4. The van der Waals surface area contributed by atoms with Gasteiger partial charge in [-0.05, 0) is 24.1 Å². The van der Waals surface area contributed by atoms with Gasteiger partial charge in [0.15, 0.2) is 5.69 Å². The third-order valence-electron chi connectivity index (χ3n) is 2.86. The summed E-state index contributed by atoms with van der Waals surface area (Å²) in [7, 11) is 1.20. The summed E-state index contributed by atoms with van der Waals surface area (Å²) in [5, 5.41) is -0.142. The summed E-state index contributed by atoms with van der Waals surface area (Å²) in [6.07, 6.45) is 0. The number of hydrogen-bond donors (Lipinski definition) is 0. The normalized spacial score (nSPS) is 10.1. The molecule has 2 aromatic rings. The number of halogens is 1. The molecule has 2 rings (SSSR count). The zero-order valence-corrected chi connectivity index (χ0v) is 12.8. The van der Waals surface area contributed by atoms with Crippen LogP contribution in [-0.2, 0) is 16.1 Å². The highest BCUT2D eigenvalue weighted by Crippen LogP contribution is 2.16. The number of nitrogens with zero attached hydrogens (tertiary/aromatic N) is 2. The summed E-state index contributed by atoms with van der Waals surface area (Å²) < 4.78 is 9.80. The molecule has 0 unspecified atom stereocenters. The molecule has 0 amide bonds. The van der Waals surface area contributed by atoms with Crippen LogP contribution in [0.1, 0.15) is 32.1 Å². The number of hydrogen-bond acceptors (Lipinski definition) is 6. The van der Waals surface area contributed by atoms with Gasteiger partial charge in [0.25, 0.3) is 0 Å². The summed E-state index contributed by atoms with van der Waals surface area (Å²) in [6, 6.07) is 9.14. The molecule has 0 N–H and O–H groups in total. The van der Waals surface area contributed by atoms with E-state index in [0.29, 0.717) is 0 Å². The summed E-state index contributed by atoms with van der Waals surface area (Å²) in [6.45, 7) is 1.59. The van der Waals surface area contributed by atoms with Crippen LogP contribution in [0, 0.1) is 6.92 Å². The van der Waals surface area contributed by atoms with Crippen molar-refractivity contribution in [3.05, 3.63) is 58.1 Å². The van der Waals surface area contributed by atoms with Crippen molar-refractivity contribution in [2.75, 3.05) is 7.11 Å². The maximum atomic E-state index is 12.2. The number of methoxy groups -OCH3 is 1. The molecule has 0 radical (unpaired) electrons. The first-order valence-electron chi connectivity index (χ1n) is 6.36. The minimum absolute atomic E-state index is 0.0510. The molecule has 1 aromatic heterocycles. The van der Waals surface area contributed by atoms with Crippen molar-refractivity contribution in [3.8, 4) is 0 Å². The number of ether oxygens (including phenoxy) is 2. The average molecular weight is 321 g/mol. The summed E-state index contributed by atoms with van der Waals surface area (Å²) in [4.78, 5) is 31.6. The Kier molecular flexibility index (Phi) is 5.06. The summed E-state index contributed by atoms with van der Waals surface area (Å²) in [5.41, 5.74) is 0.802. The maximum Gasteiger partial charge on any atom is 0.358 e. The van der Waals surface area contributed by atoms with Crippen molar-refractivity contribution in [1.29, 1.82) is 0 Å². The van der Waals surface area contributed by atoms with Gasteiger partial charge in [-0.2, -0.15) is 0 Å². The van der Waals surface area contributed by atoms with Crippen molar-refractivity contribution < 1.29 is 19.1 Å². The number of aryl methyl sites for hydroxylation is 1. The average Bonchev–Trinajstić information content (AvgIpc) is 2.52. The molecule has 0 aliphatic heterocycles. The molecule has 0 aliphatic carbocycles. The zero-order chi connectivity index (χ0) is 16.1. The molecule has 0 atom stereocenters. The van der Waals surface area contributed by atoms with E-state index in [1.807, 2.05) is 30.3 Å². The Bertz CT molecular complexity index is 704. The number of aromatic nitrogens is 2. The molecule has 1 aromatic carbocycles. The molecule has 1 heterocycles. The predicted molar refractivity (Wildman–Crippen MR) is 78.7 cm³/mol. The van der Waals surface area contributed by atoms with Gasteiger partial charge in [0, 0.05) is 0 Å². The van der Waals surface area contributed by atoms with Crippen molar-refractivity contribution in [2.45, 2.75) is 13.5 Å². The lowest BCUT2D eigenvalue weighted by Gasteiger charge is -2.10. The molecule has 6 nitrogen and oxygen atoms in total. The fraction of sp³-hybridized carbons (Fsp3) is 0.200. The maximum absolute atomic E-state index is 12.2.